The Morgan fingerprint density at radius 1 is 1.37 bits per heavy atom. The Bertz CT molecular complexity index is 962. The molecule has 0 saturated heterocycles. The van der Waals surface area contributed by atoms with Crippen LogP contribution >= 0.6 is 11.8 Å². The van der Waals surface area contributed by atoms with Crippen LogP contribution in [0.2, 0.25) is 0 Å². The second kappa shape index (κ2) is 6.56. The molecule has 1 fully saturated rings. The van der Waals surface area contributed by atoms with E-state index in [2.05, 4.69) is 20.4 Å². The first-order valence-electron chi connectivity index (χ1n) is 9.05. The minimum atomic E-state index is 0.0238. The number of aliphatic imine (C=N–C) groups is 2. The largest absolute Gasteiger partial charge is 0.494 e. The molecule has 2 aliphatic heterocycles. The Balaban J connectivity index is 1.41. The Hall–Kier alpha value is -2.55. The number of aromatic amines is 1. The normalized spacial score (nSPS) is 25.6. The standard InChI is InChI=1S/C18H21N7OS/c1-26-13-5-3-4-12-15(13)22-14(21-12)9-19-17-24-18(27-2)23-16-11(10-6-7-10)8-20-25(16)17/h3-5,8,10-11,16H,6-7,9H2,1-2H3,(H,21,22)(H,19,23,24). The Morgan fingerprint density at radius 3 is 3.04 bits per heavy atom. The maximum atomic E-state index is 5.38. The SMILES string of the molecule is COc1cccc2[nH]c(CN=C3NC(SC)=NC4C(C5CC5)C=NN34)nc12. The predicted molar refractivity (Wildman–Crippen MR) is 108 cm³/mol. The minimum Gasteiger partial charge on any atom is -0.494 e. The predicted octanol–water partition coefficient (Wildman–Crippen LogP) is 2.40. The van der Waals surface area contributed by atoms with Gasteiger partial charge >= 0.3 is 0 Å². The number of guanidine groups is 1. The van der Waals surface area contributed by atoms with E-state index in [0.717, 1.165) is 33.7 Å². The van der Waals surface area contributed by atoms with E-state index in [0.29, 0.717) is 18.4 Å². The number of ether oxygens (including phenoxy) is 1. The molecular weight excluding hydrogens is 362 g/mol. The molecule has 1 aliphatic carbocycles. The highest BCUT2D eigenvalue weighted by Crippen LogP contribution is 2.42. The number of para-hydroxylation sites is 1. The molecule has 0 amide bonds. The highest BCUT2D eigenvalue weighted by Gasteiger charge is 2.44. The van der Waals surface area contributed by atoms with Crippen LogP contribution in [-0.4, -0.2) is 51.9 Å². The molecule has 2 N–H and O–H groups in total. The summed E-state index contributed by atoms with van der Waals surface area (Å²) in [5, 5.41) is 10.7. The van der Waals surface area contributed by atoms with Gasteiger partial charge in [-0.15, -0.1) is 0 Å². The Morgan fingerprint density at radius 2 is 2.26 bits per heavy atom. The molecular formula is C18H21N7OS. The van der Waals surface area contributed by atoms with Gasteiger partial charge in [0.15, 0.2) is 11.3 Å². The molecule has 0 radical (unpaired) electrons. The molecule has 2 unspecified atom stereocenters. The van der Waals surface area contributed by atoms with Crippen LogP contribution in [0.25, 0.3) is 11.0 Å². The molecule has 5 rings (SSSR count). The van der Waals surface area contributed by atoms with E-state index in [9.17, 15) is 0 Å². The van der Waals surface area contributed by atoms with Gasteiger partial charge in [-0.25, -0.2) is 20.0 Å². The molecule has 1 aromatic carbocycles. The quantitative estimate of drug-likeness (QED) is 0.846. The topological polar surface area (TPSA) is 90.3 Å². The number of nitrogens with zero attached hydrogens (tertiary/aromatic N) is 5. The summed E-state index contributed by atoms with van der Waals surface area (Å²) in [7, 11) is 1.65. The smallest absolute Gasteiger partial charge is 0.223 e. The van der Waals surface area contributed by atoms with E-state index < -0.39 is 0 Å². The van der Waals surface area contributed by atoms with Crippen LogP contribution in [0, 0.1) is 11.8 Å². The van der Waals surface area contributed by atoms with E-state index in [4.69, 9.17) is 14.7 Å². The monoisotopic (exact) mass is 383 g/mol. The summed E-state index contributed by atoms with van der Waals surface area (Å²) in [6.45, 7) is 0.425. The number of thioether (sulfide) groups is 1. The number of H-pyrrole nitrogens is 1. The fourth-order valence-corrected chi connectivity index (χ4v) is 4.00. The zero-order valence-corrected chi connectivity index (χ0v) is 16.0. The van der Waals surface area contributed by atoms with Crippen molar-refractivity contribution in [1.82, 2.24) is 20.3 Å². The molecule has 0 bridgehead atoms. The number of hydrazone groups is 1. The van der Waals surface area contributed by atoms with E-state index in [-0.39, 0.29) is 6.17 Å². The van der Waals surface area contributed by atoms with Gasteiger partial charge in [0.05, 0.1) is 12.6 Å². The number of aromatic nitrogens is 2. The van der Waals surface area contributed by atoms with E-state index >= 15 is 0 Å². The van der Waals surface area contributed by atoms with Gasteiger partial charge in [-0.05, 0) is 37.1 Å². The van der Waals surface area contributed by atoms with Crippen LogP contribution in [0.5, 0.6) is 5.75 Å². The lowest BCUT2D eigenvalue weighted by Crippen LogP contribution is -2.50. The van der Waals surface area contributed by atoms with Crippen LogP contribution in [0.3, 0.4) is 0 Å². The summed E-state index contributed by atoms with van der Waals surface area (Å²) >= 11 is 1.60. The average Bonchev–Trinajstić information content (AvgIpc) is 3.30. The lowest BCUT2D eigenvalue weighted by molar-refractivity contribution is 0.291. The first-order chi connectivity index (χ1) is 13.3. The number of hydrogen-bond donors (Lipinski definition) is 2. The second-order valence-corrected chi connectivity index (χ2v) is 7.68. The van der Waals surface area contributed by atoms with Gasteiger partial charge in [-0.1, -0.05) is 17.8 Å². The van der Waals surface area contributed by atoms with Gasteiger partial charge in [0.25, 0.3) is 0 Å². The third-order valence-corrected chi connectivity index (χ3v) is 5.72. The molecule has 27 heavy (non-hydrogen) atoms. The van der Waals surface area contributed by atoms with Gasteiger partial charge in [0.2, 0.25) is 5.96 Å². The molecule has 3 heterocycles. The van der Waals surface area contributed by atoms with Gasteiger partial charge in [0, 0.05) is 12.1 Å². The van der Waals surface area contributed by atoms with Crippen LogP contribution in [0.1, 0.15) is 18.7 Å². The van der Waals surface area contributed by atoms with Crippen molar-refractivity contribution >= 4 is 40.1 Å². The maximum Gasteiger partial charge on any atom is 0.223 e. The van der Waals surface area contributed by atoms with Gasteiger partial charge < -0.3 is 15.0 Å². The van der Waals surface area contributed by atoms with Crippen molar-refractivity contribution in [1.29, 1.82) is 0 Å². The third-order valence-electron chi connectivity index (χ3n) is 5.13. The zero-order chi connectivity index (χ0) is 18.4. The number of amidine groups is 1. The van der Waals surface area contributed by atoms with Gasteiger partial charge in [-0.3, -0.25) is 0 Å². The number of fused-ring (bicyclic) bond motifs is 2. The molecule has 1 saturated carbocycles. The number of hydrogen-bond acceptors (Lipinski definition) is 6. The lowest BCUT2D eigenvalue weighted by Gasteiger charge is -2.30. The summed E-state index contributed by atoms with van der Waals surface area (Å²) in [4.78, 5) is 17.5. The number of imidazole rings is 1. The molecule has 2 aromatic rings. The van der Waals surface area contributed by atoms with Crippen LogP contribution in [0.15, 0.2) is 33.3 Å². The summed E-state index contributed by atoms with van der Waals surface area (Å²) in [6.07, 6.45) is 6.62. The number of nitrogens with one attached hydrogen (secondary N) is 2. The maximum absolute atomic E-state index is 5.38. The van der Waals surface area contributed by atoms with Gasteiger partial charge in [-0.2, -0.15) is 5.10 Å². The summed E-state index contributed by atoms with van der Waals surface area (Å²) in [5.41, 5.74) is 1.77. The highest BCUT2D eigenvalue weighted by atomic mass is 32.2. The van der Waals surface area contributed by atoms with Crippen molar-refractivity contribution in [2.24, 2.45) is 26.9 Å². The van der Waals surface area contributed by atoms with Crippen LogP contribution in [-0.2, 0) is 6.54 Å². The molecule has 9 heteroatoms. The second-order valence-electron chi connectivity index (χ2n) is 6.88. The first-order valence-corrected chi connectivity index (χ1v) is 10.3. The number of rotatable bonds is 4. The van der Waals surface area contributed by atoms with E-state index in [1.54, 1.807) is 18.9 Å². The van der Waals surface area contributed by atoms with Gasteiger partial charge in [0.1, 0.15) is 23.6 Å². The molecule has 2 atom stereocenters. The fraction of sp³-hybridized carbons (Fsp3) is 0.444. The summed E-state index contributed by atoms with van der Waals surface area (Å²) in [6, 6.07) is 5.84. The van der Waals surface area contributed by atoms with Crippen molar-refractivity contribution in [2.75, 3.05) is 13.4 Å². The lowest BCUT2D eigenvalue weighted by atomic mass is 10.0. The number of methoxy groups -OCH3 is 1. The summed E-state index contributed by atoms with van der Waals surface area (Å²) in [5.74, 6) is 3.36. The highest BCUT2D eigenvalue weighted by molar-refractivity contribution is 8.13. The fourth-order valence-electron chi connectivity index (χ4n) is 3.59. The zero-order valence-electron chi connectivity index (χ0n) is 15.2. The Labute approximate surface area is 161 Å². The van der Waals surface area contributed by atoms with Crippen LogP contribution in [0.4, 0.5) is 0 Å². The molecule has 0 spiro atoms. The molecule has 140 valence electrons. The van der Waals surface area contributed by atoms with Crippen LogP contribution < -0.4 is 10.1 Å². The summed E-state index contributed by atoms with van der Waals surface area (Å²) < 4.78 is 5.38. The van der Waals surface area contributed by atoms with E-state index in [1.807, 2.05) is 35.7 Å². The van der Waals surface area contributed by atoms with Crippen molar-refractivity contribution < 1.29 is 4.74 Å². The molecule has 8 nitrogen and oxygen atoms in total. The number of benzene rings is 1. The third kappa shape index (κ3) is 2.95. The molecule has 1 aromatic heterocycles. The minimum absolute atomic E-state index is 0.0238. The van der Waals surface area contributed by atoms with Crippen molar-refractivity contribution in [3.63, 3.8) is 0 Å². The van der Waals surface area contributed by atoms with Crippen molar-refractivity contribution in [3.8, 4) is 5.75 Å². The van der Waals surface area contributed by atoms with Crippen molar-refractivity contribution in [2.45, 2.75) is 25.6 Å². The van der Waals surface area contributed by atoms with E-state index in [1.165, 1.54) is 12.8 Å². The first kappa shape index (κ1) is 16.6. The van der Waals surface area contributed by atoms with Crippen molar-refractivity contribution in [3.05, 3.63) is 24.0 Å². The molecule has 3 aliphatic rings. The average molecular weight is 383 g/mol. The Kier molecular flexibility index (Phi) is 4.04.